The van der Waals surface area contributed by atoms with Crippen LogP contribution in [0.5, 0.6) is 0 Å². The van der Waals surface area contributed by atoms with Gasteiger partial charge in [-0.15, -0.1) is 0 Å². The monoisotopic (exact) mass is 600 g/mol. The molecule has 0 aromatic rings. The highest BCUT2D eigenvalue weighted by Crippen LogP contribution is 2.13. The minimum absolute atomic E-state index is 0.310. The van der Waals surface area contributed by atoms with Crippen molar-refractivity contribution in [2.45, 2.75) is 131 Å². The molecule has 0 fully saturated rings. The van der Waals surface area contributed by atoms with Gasteiger partial charge in [0.1, 0.15) is 6.61 Å². The Balaban J connectivity index is 4.01. The average Bonchev–Trinajstić information content (AvgIpc) is 2.98. The summed E-state index contributed by atoms with van der Waals surface area (Å²) in [5, 5.41) is 0. The van der Waals surface area contributed by atoms with E-state index in [4.69, 9.17) is 4.74 Å². The van der Waals surface area contributed by atoms with E-state index in [1.807, 2.05) is 48.6 Å². The number of allylic oxidation sites excluding steroid dienone is 18. The van der Waals surface area contributed by atoms with Crippen LogP contribution in [0.3, 0.4) is 0 Å². The second kappa shape index (κ2) is 31.3. The first-order valence-corrected chi connectivity index (χ1v) is 17.1. The van der Waals surface area contributed by atoms with E-state index in [2.05, 4.69) is 78.0 Å². The van der Waals surface area contributed by atoms with E-state index in [0.29, 0.717) is 6.61 Å². The van der Waals surface area contributed by atoms with Crippen molar-refractivity contribution in [2.24, 2.45) is 0 Å². The average molecular weight is 601 g/mol. The van der Waals surface area contributed by atoms with Crippen molar-refractivity contribution in [3.05, 3.63) is 120 Å². The van der Waals surface area contributed by atoms with Gasteiger partial charge in [-0.3, -0.25) is 0 Å². The lowest BCUT2D eigenvalue weighted by Crippen LogP contribution is -2.00. The van der Waals surface area contributed by atoms with E-state index in [9.17, 15) is 4.79 Å². The number of ether oxygens (including phenoxy) is 1. The second-order valence-electron chi connectivity index (χ2n) is 11.9. The number of hydrogen-bond acceptors (Lipinski definition) is 2. The molecule has 0 spiro atoms. The number of rotatable bonds is 25. The van der Waals surface area contributed by atoms with Gasteiger partial charge in [0.2, 0.25) is 0 Å². The molecule has 44 heavy (non-hydrogen) atoms. The Hall–Kier alpha value is -3.13. The molecule has 244 valence electrons. The minimum Gasteiger partial charge on any atom is -0.458 e. The van der Waals surface area contributed by atoms with Gasteiger partial charge in [-0.05, 0) is 92.1 Å². The van der Waals surface area contributed by atoms with E-state index in [1.54, 1.807) is 6.08 Å². The molecule has 0 radical (unpaired) electrons. The lowest BCUT2D eigenvalue weighted by Gasteiger charge is -2.03. The van der Waals surface area contributed by atoms with Crippen LogP contribution in [0.2, 0.25) is 0 Å². The highest BCUT2D eigenvalue weighted by atomic mass is 16.5. The molecule has 0 rings (SSSR count). The SMILES string of the molecule is CCCCCCCCCC=CC=CC=CC=CC=CC=CC(=O)OC/C=C(\C)CC/C=C(\C)CC/C=C(\C)CCC=C(C)C. The maximum Gasteiger partial charge on any atom is 0.331 e. The fraction of sp³-hybridized carbons (Fsp3) is 0.500. The fourth-order valence-corrected chi connectivity index (χ4v) is 4.34. The van der Waals surface area contributed by atoms with Crippen LogP contribution >= 0.6 is 0 Å². The summed E-state index contributed by atoms with van der Waals surface area (Å²) in [4.78, 5) is 11.9. The van der Waals surface area contributed by atoms with E-state index < -0.39 is 0 Å². The molecule has 0 aliphatic carbocycles. The second-order valence-corrected chi connectivity index (χ2v) is 11.9. The van der Waals surface area contributed by atoms with Gasteiger partial charge in [0.15, 0.2) is 0 Å². The lowest BCUT2D eigenvalue weighted by molar-refractivity contribution is -0.136. The number of carbonyl (C=O) groups excluding carboxylic acids is 1. The van der Waals surface area contributed by atoms with Crippen LogP contribution < -0.4 is 0 Å². The molecule has 0 saturated heterocycles. The van der Waals surface area contributed by atoms with Crippen LogP contribution in [0.4, 0.5) is 0 Å². The zero-order valence-corrected chi connectivity index (χ0v) is 29.2. The van der Waals surface area contributed by atoms with Gasteiger partial charge in [0, 0.05) is 6.08 Å². The Labute approximate surface area is 272 Å². The largest absolute Gasteiger partial charge is 0.458 e. The van der Waals surface area contributed by atoms with Crippen LogP contribution in [0.1, 0.15) is 131 Å². The molecule has 0 bridgehead atoms. The molecule has 0 heterocycles. The van der Waals surface area contributed by atoms with E-state index in [0.717, 1.165) is 44.9 Å². The number of hydrogen-bond donors (Lipinski definition) is 0. The number of carbonyl (C=O) groups is 1. The Morgan fingerprint density at radius 2 is 0.955 bits per heavy atom. The molecular weight excluding hydrogens is 536 g/mol. The van der Waals surface area contributed by atoms with Crippen LogP contribution in [-0.4, -0.2) is 12.6 Å². The van der Waals surface area contributed by atoms with Gasteiger partial charge in [0.25, 0.3) is 0 Å². The van der Waals surface area contributed by atoms with Crippen molar-refractivity contribution >= 4 is 5.97 Å². The van der Waals surface area contributed by atoms with Gasteiger partial charge in [-0.25, -0.2) is 4.79 Å². The molecule has 0 aromatic carbocycles. The van der Waals surface area contributed by atoms with Crippen LogP contribution in [0.25, 0.3) is 0 Å². The zero-order chi connectivity index (χ0) is 32.5. The summed E-state index contributed by atoms with van der Waals surface area (Å²) in [5.74, 6) is -0.326. The molecule has 0 aromatic heterocycles. The van der Waals surface area contributed by atoms with Crippen LogP contribution in [0, 0.1) is 0 Å². The summed E-state index contributed by atoms with van der Waals surface area (Å²) in [5.41, 5.74) is 5.56. The zero-order valence-electron chi connectivity index (χ0n) is 29.2. The predicted octanol–water partition coefficient (Wildman–Crippen LogP) is 13.2. The van der Waals surface area contributed by atoms with Gasteiger partial charge >= 0.3 is 5.97 Å². The smallest absolute Gasteiger partial charge is 0.331 e. The van der Waals surface area contributed by atoms with Gasteiger partial charge in [0.05, 0.1) is 0 Å². The molecule has 0 unspecified atom stereocenters. The van der Waals surface area contributed by atoms with Gasteiger partial charge in [-0.2, -0.15) is 0 Å². The molecule has 2 heteroatoms. The van der Waals surface area contributed by atoms with E-state index in [-0.39, 0.29) is 5.97 Å². The molecular formula is C42H64O2. The first kappa shape index (κ1) is 40.9. The maximum atomic E-state index is 11.9. The Morgan fingerprint density at radius 1 is 0.500 bits per heavy atom. The summed E-state index contributed by atoms with van der Waals surface area (Å²) < 4.78 is 5.29. The minimum atomic E-state index is -0.326. The Morgan fingerprint density at radius 3 is 1.50 bits per heavy atom. The Kier molecular flexibility index (Phi) is 29.1. The van der Waals surface area contributed by atoms with Crippen molar-refractivity contribution in [3.63, 3.8) is 0 Å². The van der Waals surface area contributed by atoms with Crippen molar-refractivity contribution in [2.75, 3.05) is 6.61 Å². The van der Waals surface area contributed by atoms with Crippen molar-refractivity contribution in [1.82, 2.24) is 0 Å². The first-order valence-electron chi connectivity index (χ1n) is 17.1. The highest BCUT2D eigenvalue weighted by molar-refractivity contribution is 5.82. The lowest BCUT2D eigenvalue weighted by atomic mass is 10.0. The van der Waals surface area contributed by atoms with Gasteiger partial charge < -0.3 is 4.74 Å². The molecule has 0 N–H and O–H groups in total. The summed E-state index contributed by atoms with van der Waals surface area (Å²) in [7, 11) is 0. The third-order valence-corrected chi connectivity index (χ3v) is 7.15. The summed E-state index contributed by atoms with van der Waals surface area (Å²) >= 11 is 0. The van der Waals surface area contributed by atoms with Crippen LogP contribution in [-0.2, 0) is 9.53 Å². The third-order valence-electron chi connectivity index (χ3n) is 7.15. The number of esters is 1. The van der Waals surface area contributed by atoms with Crippen molar-refractivity contribution in [3.8, 4) is 0 Å². The Bertz CT molecular complexity index is 1030. The molecule has 0 saturated carbocycles. The fourth-order valence-electron chi connectivity index (χ4n) is 4.34. The molecule has 0 aliphatic heterocycles. The standard InChI is InChI=1S/C42H64O2/c1-7-8-9-10-11-12-13-14-15-16-17-18-19-20-21-22-23-24-25-35-42(43)44-37-36-41(6)34-28-33-40(5)32-27-31-39(4)30-26-29-38(2)3/h15-25,29,31,33,35-36H,7-14,26-28,30,32,34,37H2,1-6H3/b16-15?,18-17?,20-19?,22-21?,24-23?,35-25?,39-31+,40-33+,41-36+. The van der Waals surface area contributed by atoms with Crippen molar-refractivity contribution in [1.29, 1.82) is 0 Å². The highest BCUT2D eigenvalue weighted by Gasteiger charge is 1.96. The quantitative estimate of drug-likeness (QED) is 0.0342. The summed E-state index contributed by atoms with van der Waals surface area (Å²) in [6.45, 7) is 13.4. The van der Waals surface area contributed by atoms with Crippen molar-refractivity contribution < 1.29 is 9.53 Å². The molecule has 0 atom stereocenters. The first-order chi connectivity index (χ1) is 21.3. The summed E-state index contributed by atoms with van der Waals surface area (Å²) in [6, 6.07) is 0. The van der Waals surface area contributed by atoms with E-state index in [1.165, 1.54) is 73.3 Å². The molecule has 0 aliphatic rings. The normalized spacial score (nSPS) is 13.6. The van der Waals surface area contributed by atoms with E-state index >= 15 is 0 Å². The number of unbranched alkanes of at least 4 members (excludes halogenated alkanes) is 7. The predicted molar refractivity (Wildman–Crippen MR) is 197 cm³/mol. The van der Waals surface area contributed by atoms with Crippen LogP contribution in [0.15, 0.2) is 120 Å². The summed E-state index contributed by atoms with van der Waals surface area (Å²) in [6.07, 6.45) is 49.5. The topological polar surface area (TPSA) is 26.3 Å². The van der Waals surface area contributed by atoms with Gasteiger partial charge in [-0.1, -0.05) is 153 Å². The molecule has 2 nitrogen and oxygen atoms in total. The molecule has 0 amide bonds. The maximum absolute atomic E-state index is 11.9. The third kappa shape index (κ3) is 31.8.